The highest BCUT2D eigenvalue weighted by atomic mass is 79.9. The molecule has 0 fully saturated rings. The number of aryl methyl sites for hydroxylation is 1. The van der Waals surface area contributed by atoms with E-state index in [1.54, 1.807) is 6.92 Å². The fourth-order valence-corrected chi connectivity index (χ4v) is 3.08. The number of hydrogen-bond donors (Lipinski definition) is 1. The van der Waals surface area contributed by atoms with E-state index in [2.05, 4.69) is 21.2 Å². The summed E-state index contributed by atoms with van der Waals surface area (Å²) >= 11 is 4.03. The molecule has 1 atom stereocenters. The summed E-state index contributed by atoms with van der Waals surface area (Å²) in [4.78, 5) is 0.620. The van der Waals surface area contributed by atoms with Gasteiger partial charge in [-0.3, -0.25) is 0 Å². The van der Waals surface area contributed by atoms with E-state index >= 15 is 0 Å². The van der Waals surface area contributed by atoms with Gasteiger partial charge >= 0.3 is 12.1 Å². The number of hydrogen-bond acceptors (Lipinski definition) is 2. The Morgan fingerprint density at radius 1 is 1.33 bits per heavy atom. The van der Waals surface area contributed by atoms with E-state index in [-0.39, 0.29) is 11.4 Å². The van der Waals surface area contributed by atoms with Crippen molar-refractivity contribution in [2.45, 2.75) is 32.0 Å². The Labute approximate surface area is 114 Å². The lowest BCUT2D eigenvalue weighted by Gasteiger charge is -2.28. The molecular formula is C10H11BrF5NS. The second-order valence-electron chi connectivity index (χ2n) is 3.66. The zero-order valence-corrected chi connectivity index (χ0v) is 11.9. The van der Waals surface area contributed by atoms with Crippen LogP contribution in [0, 0.1) is 6.92 Å². The Morgan fingerprint density at radius 2 is 1.89 bits per heavy atom. The van der Waals surface area contributed by atoms with Gasteiger partial charge in [-0.05, 0) is 35.5 Å². The quantitative estimate of drug-likeness (QED) is 0.777. The lowest BCUT2D eigenvalue weighted by molar-refractivity contribution is -0.294. The zero-order chi connectivity index (χ0) is 14.1. The molecule has 0 bridgehead atoms. The second-order valence-corrected chi connectivity index (χ2v) is 5.81. The average Bonchev–Trinajstić information content (AvgIpc) is 2.53. The third-order valence-electron chi connectivity index (χ3n) is 2.31. The van der Waals surface area contributed by atoms with Crippen molar-refractivity contribution in [1.29, 1.82) is 0 Å². The van der Waals surface area contributed by atoms with Crippen LogP contribution in [0.4, 0.5) is 22.0 Å². The Balaban J connectivity index is 3.18. The van der Waals surface area contributed by atoms with Crippen LogP contribution in [-0.4, -0.2) is 18.6 Å². The first-order valence-corrected chi connectivity index (χ1v) is 6.66. The van der Waals surface area contributed by atoms with Crippen molar-refractivity contribution in [3.8, 4) is 0 Å². The first-order valence-electron chi connectivity index (χ1n) is 5.05. The van der Waals surface area contributed by atoms with Gasteiger partial charge in [0.25, 0.3) is 0 Å². The fraction of sp³-hybridized carbons (Fsp3) is 0.600. The molecule has 0 aromatic carbocycles. The Hall–Kier alpha value is -0.210. The maximum atomic E-state index is 13.4. The number of nitrogens with one attached hydrogen (secondary N) is 1. The molecule has 18 heavy (non-hydrogen) atoms. The maximum Gasteiger partial charge on any atom is 0.455 e. The predicted molar refractivity (Wildman–Crippen MR) is 64.2 cm³/mol. The van der Waals surface area contributed by atoms with Crippen LogP contribution in [-0.2, 0) is 0 Å². The molecule has 1 aromatic heterocycles. The molecule has 1 rings (SSSR count). The molecule has 0 radical (unpaired) electrons. The predicted octanol–water partition coefficient (Wildman–Crippen LogP) is 4.67. The molecule has 0 saturated heterocycles. The van der Waals surface area contributed by atoms with E-state index in [0.717, 1.165) is 11.3 Å². The molecule has 1 N–H and O–H groups in total. The summed E-state index contributed by atoms with van der Waals surface area (Å²) in [6.07, 6.45) is -5.58. The van der Waals surface area contributed by atoms with E-state index in [4.69, 9.17) is 0 Å². The van der Waals surface area contributed by atoms with Gasteiger partial charge in [0.2, 0.25) is 0 Å². The van der Waals surface area contributed by atoms with Crippen LogP contribution in [0.5, 0.6) is 0 Å². The van der Waals surface area contributed by atoms with Gasteiger partial charge in [-0.25, -0.2) is 0 Å². The standard InChI is InChI=1S/C10H11BrF5NS/c1-3-17-8(9(12,13)10(14,15)16)7-4-6(11)5(2)18-7/h4,8,17H,3H2,1-2H3. The maximum absolute atomic E-state index is 13.4. The largest absolute Gasteiger partial charge is 0.455 e. The van der Waals surface area contributed by atoms with Crippen molar-refractivity contribution >= 4 is 27.3 Å². The monoisotopic (exact) mass is 351 g/mol. The molecule has 1 unspecified atom stereocenters. The van der Waals surface area contributed by atoms with Gasteiger partial charge in [0.15, 0.2) is 0 Å². The van der Waals surface area contributed by atoms with Gasteiger partial charge < -0.3 is 5.32 Å². The Morgan fingerprint density at radius 3 is 2.22 bits per heavy atom. The molecular weight excluding hydrogens is 341 g/mol. The molecule has 0 aliphatic carbocycles. The summed E-state index contributed by atoms with van der Waals surface area (Å²) in [5.74, 6) is -4.81. The summed E-state index contributed by atoms with van der Waals surface area (Å²) in [5, 5.41) is 2.21. The van der Waals surface area contributed by atoms with Crippen molar-refractivity contribution in [3.63, 3.8) is 0 Å². The van der Waals surface area contributed by atoms with Crippen molar-refractivity contribution < 1.29 is 22.0 Å². The van der Waals surface area contributed by atoms with Crippen LogP contribution in [0.3, 0.4) is 0 Å². The van der Waals surface area contributed by atoms with Gasteiger partial charge in [-0.15, -0.1) is 11.3 Å². The first-order chi connectivity index (χ1) is 8.11. The minimum absolute atomic E-state index is 0.0188. The molecule has 8 heteroatoms. The van der Waals surface area contributed by atoms with Crippen LogP contribution in [0.2, 0.25) is 0 Å². The van der Waals surface area contributed by atoms with Gasteiger partial charge in [-0.1, -0.05) is 6.92 Å². The molecule has 1 nitrogen and oxygen atoms in total. The Bertz CT molecular complexity index is 395. The zero-order valence-electron chi connectivity index (χ0n) is 9.54. The first kappa shape index (κ1) is 15.8. The van der Waals surface area contributed by atoms with Crippen LogP contribution in [0.25, 0.3) is 0 Å². The lowest BCUT2D eigenvalue weighted by Crippen LogP contribution is -2.47. The van der Waals surface area contributed by atoms with Crippen molar-refractivity contribution in [2.24, 2.45) is 0 Å². The van der Waals surface area contributed by atoms with E-state index in [1.807, 2.05) is 0 Å². The summed E-state index contributed by atoms with van der Waals surface area (Å²) in [5.41, 5.74) is 0. The van der Waals surface area contributed by atoms with Crippen molar-refractivity contribution in [1.82, 2.24) is 5.32 Å². The second kappa shape index (κ2) is 5.42. The third kappa shape index (κ3) is 3.03. The normalized spacial score (nSPS) is 14.9. The molecule has 0 amide bonds. The van der Waals surface area contributed by atoms with E-state index in [0.29, 0.717) is 9.35 Å². The molecule has 104 valence electrons. The van der Waals surface area contributed by atoms with Crippen LogP contribution < -0.4 is 5.32 Å². The minimum Gasteiger partial charge on any atom is -0.304 e. The molecule has 0 aliphatic heterocycles. The van der Waals surface area contributed by atoms with Crippen LogP contribution in [0.15, 0.2) is 10.5 Å². The molecule has 1 heterocycles. The van der Waals surface area contributed by atoms with E-state index in [9.17, 15) is 22.0 Å². The topological polar surface area (TPSA) is 12.0 Å². The van der Waals surface area contributed by atoms with Crippen LogP contribution in [0.1, 0.15) is 22.7 Å². The number of thiophene rings is 1. The lowest BCUT2D eigenvalue weighted by atomic mass is 10.1. The fourth-order valence-electron chi connectivity index (χ4n) is 1.40. The van der Waals surface area contributed by atoms with Crippen molar-refractivity contribution in [2.75, 3.05) is 6.54 Å². The van der Waals surface area contributed by atoms with Crippen LogP contribution >= 0.6 is 27.3 Å². The third-order valence-corrected chi connectivity index (χ3v) is 4.51. The van der Waals surface area contributed by atoms with E-state index < -0.39 is 18.1 Å². The van der Waals surface area contributed by atoms with Gasteiger partial charge in [0.05, 0.1) is 0 Å². The molecule has 1 aromatic rings. The smallest absolute Gasteiger partial charge is 0.304 e. The Kier molecular flexibility index (Phi) is 4.77. The summed E-state index contributed by atoms with van der Waals surface area (Å²) in [6, 6.07) is -0.759. The van der Waals surface area contributed by atoms with Crippen molar-refractivity contribution in [3.05, 3.63) is 20.3 Å². The number of alkyl halides is 5. The average molecular weight is 352 g/mol. The van der Waals surface area contributed by atoms with Gasteiger partial charge in [-0.2, -0.15) is 22.0 Å². The molecule has 0 aliphatic rings. The van der Waals surface area contributed by atoms with E-state index in [1.165, 1.54) is 13.0 Å². The molecule has 0 saturated carbocycles. The van der Waals surface area contributed by atoms with Gasteiger partial charge in [0, 0.05) is 14.2 Å². The molecule has 0 spiro atoms. The SMILES string of the molecule is CCNC(c1cc(Br)c(C)s1)C(F)(F)C(F)(F)F. The highest BCUT2D eigenvalue weighted by molar-refractivity contribution is 9.10. The summed E-state index contributed by atoms with van der Waals surface area (Å²) < 4.78 is 64.6. The highest BCUT2D eigenvalue weighted by Crippen LogP contribution is 2.46. The summed E-state index contributed by atoms with van der Waals surface area (Å²) in [7, 11) is 0. The number of halogens is 6. The summed E-state index contributed by atoms with van der Waals surface area (Å²) in [6.45, 7) is 3.15. The number of rotatable bonds is 4. The highest BCUT2D eigenvalue weighted by Gasteiger charge is 2.62. The van der Waals surface area contributed by atoms with Gasteiger partial charge in [0.1, 0.15) is 6.04 Å². The minimum atomic E-state index is -5.58.